The average molecular weight is 158 g/mol. The van der Waals surface area contributed by atoms with E-state index in [1.165, 1.54) is 6.40 Å². The van der Waals surface area contributed by atoms with Crippen molar-refractivity contribution in [1.29, 1.82) is 0 Å². The molecule has 7 heteroatoms. The van der Waals surface area contributed by atoms with Crippen LogP contribution in [0.2, 0.25) is 0 Å². The smallest absolute Gasteiger partial charge is 0.482 e. The summed E-state index contributed by atoms with van der Waals surface area (Å²) in [7, 11) is -6.00. The van der Waals surface area contributed by atoms with Gasteiger partial charge in [-0.3, -0.25) is 4.99 Å². The van der Waals surface area contributed by atoms with E-state index < -0.39 is 7.25 Å². The van der Waals surface area contributed by atoms with Gasteiger partial charge >= 0.3 is 7.25 Å². The zero-order chi connectivity index (χ0) is 8.04. The van der Waals surface area contributed by atoms with Gasteiger partial charge in [0, 0.05) is 0 Å². The Balaban J connectivity index is 0.000000162. The zero-order valence-corrected chi connectivity index (χ0v) is 4.94. The maximum absolute atomic E-state index is 9.75. The predicted octanol–water partition coefficient (Wildman–Crippen LogP) is 1.34. The lowest BCUT2D eigenvalue weighted by atomic mass is 10.3. The Kier molecular flexibility index (Phi) is 3.82. The van der Waals surface area contributed by atoms with E-state index in [1.54, 1.807) is 0 Å². The third-order valence-corrected chi connectivity index (χ3v) is 0.487. The Morgan fingerprint density at radius 2 is 1.80 bits per heavy atom. The molecule has 0 fully saturated rings. The largest absolute Gasteiger partial charge is 0.673 e. The molecule has 1 aliphatic rings. The first-order valence-electron chi connectivity index (χ1n) is 2.47. The van der Waals surface area contributed by atoms with Crippen molar-refractivity contribution in [1.82, 2.24) is 0 Å². The van der Waals surface area contributed by atoms with Gasteiger partial charge in [0.1, 0.15) is 6.61 Å². The lowest BCUT2D eigenvalue weighted by molar-refractivity contribution is 0.361. The van der Waals surface area contributed by atoms with Crippen molar-refractivity contribution in [3.05, 3.63) is 0 Å². The van der Waals surface area contributed by atoms with E-state index in [1.807, 2.05) is 0 Å². The number of aliphatic imine (C=N–C) groups is 1. The van der Waals surface area contributed by atoms with E-state index in [0.29, 0.717) is 0 Å². The molecule has 0 aliphatic carbocycles. The van der Waals surface area contributed by atoms with Gasteiger partial charge in [0.2, 0.25) is 0 Å². The Morgan fingerprint density at radius 3 is 1.90 bits per heavy atom. The molecule has 1 rings (SSSR count). The molecule has 0 bridgehead atoms. The molecule has 0 saturated heterocycles. The molecule has 2 nitrogen and oxygen atoms in total. The molecule has 0 unspecified atom stereocenters. The van der Waals surface area contributed by atoms with Crippen molar-refractivity contribution in [2.45, 2.75) is 0 Å². The summed E-state index contributed by atoms with van der Waals surface area (Å²) < 4.78 is 43.7. The molecule has 0 atom stereocenters. The van der Waals surface area contributed by atoms with Crippen molar-refractivity contribution in [3.63, 3.8) is 0 Å². The van der Waals surface area contributed by atoms with Gasteiger partial charge in [0.25, 0.3) is 0 Å². The summed E-state index contributed by atoms with van der Waals surface area (Å²) in [6, 6.07) is 0. The van der Waals surface area contributed by atoms with Gasteiger partial charge in [0.15, 0.2) is 6.40 Å². The van der Waals surface area contributed by atoms with Crippen LogP contribution in [-0.2, 0) is 4.74 Å². The summed E-state index contributed by atoms with van der Waals surface area (Å²) >= 11 is 0. The molecule has 1 heterocycles. The molecule has 60 valence electrons. The summed E-state index contributed by atoms with van der Waals surface area (Å²) in [5.74, 6) is 0. The van der Waals surface area contributed by atoms with Gasteiger partial charge in [-0.05, 0) is 0 Å². The van der Waals surface area contributed by atoms with Crippen LogP contribution in [0.3, 0.4) is 0 Å². The van der Waals surface area contributed by atoms with Crippen molar-refractivity contribution in [2.24, 2.45) is 4.99 Å². The van der Waals surface area contributed by atoms with E-state index in [0.717, 1.165) is 13.2 Å². The highest BCUT2D eigenvalue weighted by molar-refractivity contribution is 6.50. The third kappa shape index (κ3) is 15.7. The van der Waals surface area contributed by atoms with Crippen LogP contribution in [0.4, 0.5) is 17.3 Å². The fourth-order valence-electron chi connectivity index (χ4n) is 0.264. The highest BCUT2D eigenvalue weighted by atomic mass is 19.5. The molecule has 0 aromatic carbocycles. The van der Waals surface area contributed by atoms with Crippen LogP contribution in [0.25, 0.3) is 0 Å². The maximum Gasteiger partial charge on any atom is 0.673 e. The van der Waals surface area contributed by atoms with Gasteiger partial charge < -0.3 is 22.0 Å². The minimum atomic E-state index is -6.00. The maximum atomic E-state index is 9.75. The summed E-state index contributed by atoms with van der Waals surface area (Å²) in [6.45, 7) is 1.62. The van der Waals surface area contributed by atoms with Crippen LogP contribution in [0, 0.1) is 0 Å². The molecule has 0 aromatic heterocycles. The van der Waals surface area contributed by atoms with Crippen molar-refractivity contribution in [3.8, 4) is 0 Å². The van der Waals surface area contributed by atoms with Crippen LogP contribution in [0.1, 0.15) is 0 Å². The lowest BCUT2D eigenvalue weighted by Crippen LogP contribution is -2.02. The van der Waals surface area contributed by atoms with Crippen LogP contribution >= 0.6 is 0 Å². The minimum absolute atomic E-state index is 0.778. The Morgan fingerprint density at radius 1 is 1.30 bits per heavy atom. The Labute approximate surface area is 55.0 Å². The molecular weight excluding hydrogens is 153 g/mol. The molecule has 10 heavy (non-hydrogen) atoms. The van der Waals surface area contributed by atoms with E-state index in [2.05, 4.69) is 9.73 Å². The first kappa shape index (κ1) is 9.25. The van der Waals surface area contributed by atoms with Gasteiger partial charge in [-0.1, -0.05) is 0 Å². The number of hydrogen-bond acceptors (Lipinski definition) is 2. The van der Waals surface area contributed by atoms with Crippen LogP contribution < -0.4 is 0 Å². The molecule has 0 saturated carbocycles. The van der Waals surface area contributed by atoms with Crippen LogP contribution in [-0.4, -0.2) is 26.8 Å². The van der Waals surface area contributed by atoms with Gasteiger partial charge in [-0.2, -0.15) is 0 Å². The van der Waals surface area contributed by atoms with Gasteiger partial charge in [0.05, 0.1) is 6.54 Å². The number of nitrogens with zero attached hydrogens (tertiary/aromatic N) is 1. The second kappa shape index (κ2) is 4.13. The van der Waals surface area contributed by atoms with Crippen LogP contribution in [0.15, 0.2) is 4.99 Å². The first-order chi connectivity index (χ1) is 4.50. The average Bonchev–Trinajstić information content (AvgIpc) is 2.07. The monoisotopic (exact) mass is 158 g/mol. The normalized spacial score (nSPS) is 15.6. The quantitative estimate of drug-likeness (QED) is 0.385. The van der Waals surface area contributed by atoms with E-state index in [-0.39, 0.29) is 0 Å². The second-order valence-electron chi connectivity index (χ2n) is 1.38. The summed E-state index contributed by atoms with van der Waals surface area (Å²) in [5, 5.41) is 0. The van der Waals surface area contributed by atoms with E-state index in [9.17, 15) is 17.3 Å². The number of hydrogen-bond donors (Lipinski definition) is 0. The number of halogens is 4. The lowest BCUT2D eigenvalue weighted by Gasteiger charge is -1.94. The molecule has 0 spiro atoms. The predicted molar refractivity (Wildman–Crippen MR) is 29.5 cm³/mol. The van der Waals surface area contributed by atoms with E-state index in [4.69, 9.17) is 0 Å². The van der Waals surface area contributed by atoms with Crippen LogP contribution in [0.5, 0.6) is 0 Å². The minimum Gasteiger partial charge on any atom is -0.482 e. The summed E-state index contributed by atoms with van der Waals surface area (Å²) in [6.07, 6.45) is 1.49. The van der Waals surface area contributed by atoms with E-state index >= 15 is 0 Å². The number of rotatable bonds is 0. The van der Waals surface area contributed by atoms with Crippen molar-refractivity contribution in [2.75, 3.05) is 13.2 Å². The van der Waals surface area contributed by atoms with Gasteiger partial charge in [-0.15, -0.1) is 0 Å². The zero-order valence-electron chi connectivity index (χ0n) is 4.94. The fourth-order valence-corrected chi connectivity index (χ4v) is 0.264. The first-order valence-corrected chi connectivity index (χ1v) is 2.47. The third-order valence-electron chi connectivity index (χ3n) is 0.487. The summed E-state index contributed by atoms with van der Waals surface area (Å²) in [4.78, 5) is 3.74. The molecule has 0 aromatic rings. The topological polar surface area (TPSA) is 21.6 Å². The molecule has 0 amide bonds. The Bertz CT molecular complexity index is 102. The SMILES string of the molecule is C1=NCCO1.F[B-](F)(F)F. The molecule has 0 N–H and O–H groups in total. The number of ether oxygens (including phenoxy) is 1. The highest BCUT2D eigenvalue weighted by Crippen LogP contribution is 2.06. The molecular formula is C3H5BF4NO-. The second-order valence-corrected chi connectivity index (χ2v) is 1.38. The highest BCUT2D eigenvalue weighted by Gasteiger charge is 2.20. The molecule has 0 radical (unpaired) electrons. The Hall–Kier alpha value is -0.745. The van der Waals surface area contributed by atoms with Crippen molar-refractivity contribution >= 4 is 13.7 Å². The van der Waals surface area contributed by atoms with Crippen molar-refractivity contribution < 1.29 is 22.0 Å². The fraction of sp³-hybridized carbons (Fsp3) is 0.667. The molecule has 1 aliphatic heterocycles. The van der Waals surface area contributed by atoms with Gasteiger partial charge in [-0.25, -0.2) is 0 Å². The summed E-state index contributed by atoms with van der Waals surface area (Å²) in [5.41, 5.74) is 0. The standard InChI is InChI=1S/C3H5NO.BF4/c1-2-5-3-4-1;2-1(3,4)5/h3H,1-2H2;/q;-1.